The lowest BCUT2D eigenvalue weighted by molar-refractivity contribution is -0.152. The first kappa shape index (κ1) is 23.0. The van der Waals surface area contributed by atoms with Gasteiger partial charge in [-0.3, -0.25) is 14.4 Å². The SMILES string of the molecule is CCOC(=O)C1CCCN(C(=O)CN(C)C(=O)C(C)Oc2ccc(Cl)c(C)c2)C1. The first-order chi connectivity index (χ1) is 13.7. The van der Waals surface area contributed by atoms with Crippen molar-refractivity contribution >= 4 is 29.4 Å². The van der Waals surface area contributed by atoms with Crippen LogP contribution in [0, 0.1) is 12.8 Å². The molecule has 2 unspecified atom stereocenters. The van der Waals surface area contributed by atoms with Gasteiger partial charge in [0.25, 0.3) is 5.91 Å². The number of benzene rings is 1. The van der Waals surface area contributed by atoms with Gasteiger partial charge in [0.05, 0.1) is 19.1 Å². The molecular formula is C21H29ClN2O5. The molecule has 0 bridgehead atoms. The van der Waals surface area contributed by atoms with Gasteiger partial charge in [-0.05, 0) is 57.4 Å². The maximum Gasteiger partial charge on any atom is 0.310 e. The minimum absolute atomic E-state index is 0.0677. The standard InChI is InChI=1S/C21H29ClN2O5/c1-5-28-21(27)16-7-6-10-24(12-16)19(25)13-23(4)20(26)15(3)29-17-8-9-18(22)14(2)11-17/h8-9,11,15-16H,5-7,10,12-13H2,1-4H3. The first-order valence-corrected chi connectivity index (χ1v) is 10.2. The van der Waals surface area contributed by atoms with E-state index in [9.17, 15) is 14.4 Å². The minimum atomic E-state index is -0.748. The van der Waals surface area contributed by atoms with Crippen molar-refractivity contribution < 1.29 is 23.9 Å². The molecule has 0 radical (unpaired) electrons. The molecule has 0 spiro atoms. The van der Waals surface area contributed by atoms with Gasteiger partial charge < -0.3 is 19.3 Å². The van der Waals surface area contributed by atoms with E-state index in [1.807, 2.05) is 6.92 Å². The lowest BCUT2D eigenvalue weighted by Crippen LogP contribution is -2.48. The van der Waals surface area contributed by atoms with Crippen LogP contribution in [0.25, 0.3) is 0 Å². The molecule has 0 aromatic heterocycles. The van der Waals surface area contributed by atoms with Crippen LogP contribution in [0.3, 0.4) is 0 Å². The van der Waals surface area contributed by atoms with E-state index in [-0.39, 0.29) is 30.2 Å². The van der Waals surface area contributed by atoms with E-state index in [2.05, 4.69) is 0 Å². The zero-order valence-corrected chi connectivity index (χ0v) is 18.2. The van der Waals surface area contributed by atoms with E-state index < -0.39 is 6.10 Å². The van der Waals surface area contributed by atoms with E-state index in [1.54, 1.807) is 44.0 Å². The fraction of sp³-hybridized carbons (Fsp3) is 0.571. The number of likely N-dealkylation sites (tertiary alicyclic amines) is 1. The molecule has 0 N–H and O–H groups in total. The quantitative estimate of drug-likeness (QED) is 0.629. The molecule has 0 saturated carbocycles. The highest BCUT2D eigenvalue weighted by Gasteiger charge is 2.30. The molecule has 1 aliphatic heterocycles. The third-order valence-corrected chi connectivity index (χ3v) is 5.36. The average Bonchev–Trinajstić information content (AvgIpc) is 2.70. The zero-order valence-electron chi connectivity index (χ0n) is 17.4. The number of nitrogens with zero attached hydrogens (tertiary/aromatic N) is 2. The van der Waals surface area contributed by atoms with Crippen molar-refractivity contribution in [3.8, 4) is 5.75 Å². The molecule has 29 heavy (non-hydrogen) atoms. The van der Waals surface area contributed by atoms with Crippen molar-refractivity contribution in [1.82, 2.24) is 9.80 Å². The van der Waals surface area contributed by atoms with Crippen LogP contribution >= 0.6 is 11.6 Å². The third-order valence-electron chi connectivity index (χ3n) is 4.93. The molecule has 160 valence electrons. The minimum Gasteiger partial charge on any atom is -0.481 e. The summed E-state index contributed by atoms with van der Waals surface area (Å²) < 4.78 is 10.8. The number of amides is 2. The fourth-order valence-electron chi connectivity index (χ4n) is 3.29. The van der Waals surface area contributed by atoms with Crippen molar-refractivity contribution in [3.63, 3.8) is 0 Å². The van der Waals surface area contributed by atoms with E-state index >= 15 is 0 Å². The molecule has 0 aliphatic carbocycles. The maximum absolute atomic E-state index is 12.6. The van der Waals surface area contributed by atoms with E-state index in [4.69, 9.17) is 21.1 Å². The molecule has 2 atom stereocenters. The predicted molar refractivity (Wildman–Crippen MR) is 110 cm³/mol. The average molecular weight is 425 g/mol. The van der Waals surface area contributed by atoms with Crippen molar-refractivity contribution in [2.24, 2.45) is 5.92 Å². The highest BCUT2D eigenvalue weighted by molar-refractivity contribution is 6.31. The van der Waals surface area contributed by atoms with Gasteiger partial charge in [-0.1, -0.05) is 11.6 Å². The fourth-order valence-corrected chi connectivity index (χ4v) is 3.41. The topological polar surface area (TPSA) is 76.2 Å². The number of carbonyl (C=O) groups is 3. The number of esters is 1. The van der Waals surface area contributed by atoms with Crippen molar-refractivity contribution in [2.45, 2.75) is 39.7 Å². The van der Waals surface area contributed by atoms with Crippen LogP contribution in [0.2, 0.25) is 5.02 Å². The molecule has 2 rings (SSSR count). The Hall–Kier alpha value is -2.28. The number of aryl methyl sites for hydroxylation is 1. The summed E-state index contributed by atoms with van der Waals surface area (Å²) in [4.78, 5) is 40.2. The van der Waals surface area contributed by atoms with Crippen LogP contribution in [0.5, 0.6) is 5.75 Å². The second-order valence-electron chi connectivity index (χ2n) is 7.30. The Morgan fingerprint density at radius 3 is 2.72 bits per heavy atom. The van der Waals surface area contributed by atoms with Crippen molar-refractivity contribution in [1.29, 1.82) is 0 Å². The largest absolute Gasteiger partial charge is 0.481 e. The molecule has 1 aliphatic rings. The van der Waals surface area contributed by atoms with Crippen molar-refractivity contribution in [2.75, 3.05) is 33.3 Å². The molecule has 2 amide bonds. The summed E-state index contributed by atoms with van der Waals surface area (Å²) in [6.07, 6.45) is 0.701. The zero-order chi connectivity index (χ0) is 21.6. The normalized spacial score (nSPS) is 17.4. The number of hydrogen-bond acceptors (Lipinski definition) is 5. The van der Waals surface area contributed by atoms with E-state index in [0.29, 0.717) is 36.9 Å². The highest BCUT2D eigenvalue weighted by atomic mass is 35.5. The van der Waals surface area contributed by atoms with Gasteiger partial charge in [0.2, 0.25) is 5.91 Å². The van der Waals surface area contributed by atoms with Gasteiger partial charge in [-0.2, -0.15) is 0 Å². The Morgan fingerprint density at radius 1 is 1.34 bits per heavy atom. The van der Waals surface area contributed by atoms with Crippen LogP contribution in [-0.2, 0) is 19.1 Å². The van der Waals surface area contributed by atoms with Crippen LogP contribution in [0.1, 0.15) is 32.3 Å². The second-order valence-corrected chi connectivity index (χ2v) is 7.70. The number of halogens is 1. The number of piperidine rings is 1. The van der Waals surface area contributed by atoms with Crippen LogP contribution in [0.15, 0.2) is 18.2 Å². The summed E-state index contributed by atoms with van der Waals surface area (Å²) in [6.45, 7) is 6.42. The predicted octanol–water partition coefficient (Wildman–Crippen LogP) is 2.68. The molecule has 8 heteroatoms. The molecule has 1 heterocycles. The molecular weight excluding hydrogens is 396 g/mol. The first-order valence-electron chi connectivity index (χ1n) is 9.85. The number of likely N-dealkylation sites (N-methyl/N-ethyl adjacent to an activating group) is 1. The summed E-state index contributed by atoms with van der Waals surface area (Å²) in [5.41, 5.74) is 0.855. The number of ether oxygens (including phenoxy) is 2. The van der Waals surface area contributed by atoms with Gasteiger partial charge in [0.1, 0.15) is 5.75 Å². The van der Waals surface area contributed by atoms with Gasteiger partial charge in [0, 0.05) is 25.2 Å². The number of hydrogen-bond donors (Lipinski definition) is 0. The van der Waals surface area contributed by atoms with Gasteiger partial charge in [0.15, 0.2) is 6.10 Å². The summed E-state index contributed by atoms with van der Waals surface area (Å²) in [5.74, 6) is -0.520. The summed E-state index contributed by atoms with van der Waals surface area (Å²) >= 11 is 6.01. The summed E-state index contributed by atoms with van der Waals surface area (Å²) in [6, 6.07) is 5.18. The van der Waals surface area contributed by atoms with Crippen molar-refractivity contribution in [3.05, 3.63) is 28.8 Å². The Balaban J connectivity index is 1.89. The number of rotatable bonds is 7. The molecule has 1 aromatic rings. The lowest BCUT2D eigenvalue weighted by Gasteiger charge is -2.33. The van der Waals surface area contributed by atoms with Crippen LogP contribution in [0.4, 0.5) is 0 Å². The monoisotopic (exact) mass is 424 g/mol. The highest BCUT2D eigenvalue weighted by Crippen LogP contribution is 2.22. The smallest absolute Gasteiger partial charge is 0.310 e. The Morgan fingerprint density at radius 2 is 2.07 bits per heavy atom. The summed E-state index contributed by atoms with van der Waals surface area (Å²) in [5, 5.41) is 0.627. The molecule has 1 fully saturated rings. The van der Waals surface area contributed by atoms with E-state index in [1.165, 1.54) is 4.90 Å². The Labute approximate surface area is 176 Å². The lowest BCUT2D eigenvalue weighted by atomic mass is 9.98. The summed E-state index contributed by atoms with van der Waals surface area (Å²) in [7, 11) is 1.57. The molecule has 1 saturated heterocycles. The van der Waals surface area contributed by atoms with Crippen LogP contribution < -0.4 is 4.74 Å². The molecule has 7 nitrogen and oxygen atoms in total. The maximum atomic E-state index is 12.6. The second kappa shape index (κ2) is 10.5. The van der Waals surface area contributed by atoms with Gasteiger partial charge in [-0.25, -0.2) is 0 Å². The van der Waals surface area contributed by atoms with Gasteiger partial charge in [-0.15, -0.1) is 0 Å². The Kier molecular flexibility index (Phi) is 8.32. The van der Waals surface area contributed by atoms with Crippen LogP contribution in [-0.4, -0.2) is 67.0 Å². The van der Waals surface area contributed by atoms with Gasteiger partial charge >= 0.3 is 5.97 Å². The molecule has 1 aromatic carbocycles. The number of carbonyl (C=O) groups excluding carboxylic acids is 3. The van der Waals surface area contributed by atoms with E-state index in [0.717, 1.165) is 12.0 Å². The Bertz CT molecular complexity index is 755. The third kappa shape index (κ3) is 6.35.